The Balaban J connectivity index is 1.60. The molecular weight excluding hydrogens is 420 g/mol. The molecule has 2 aromatic carbocycles. The third kappa shape index (κ3) is 4.69. The molecule has 0 unspecified atom stereocenters. The second-order valence-electron chi connectivity index (χ2n) is 6.49. The fourth-order valence-electron chi connectivity index (χ4n) is 2.92. The number of benzene rings is 2. The fraction of sp³-hybridized carbons (Fsp3) is 0.0909. The van der Waals surface area contributed by atoms with Gasteiger partial charge in [0.2, 0.25) is 5.91 Å². The van der Waals surface area contributed by atoms with Gasteiger partial charge in [-0.1, -0.05) is 65.8 Å². The van der Waals surface area contributed by atoms with Gasteiger partial charge < -0.3 is 5.32 Å². The van der Waals surface area contributed by atoms with Crippen molar-refractivity contribution in [3.8, 4) is 0 Å². The average Bonchev–Trinajstić information content (AvgIpc) is 2.77. The monoisotopic (exact) mass is 436 g/mol. The molecule has 1 amide bonds. The van der Waals surface area contributed by atoms with Crippen LogP contribution in [-0.2, 0) is 11.3 Å². The molecule has 2 aromatic heterocycles. The number of carbonyl (C=O) groups is 1. The van der Waals surface area contributed by atoms with Gasteiger partial charge in [0.1, 0.15) is 5.82 Å². The van der Waals surface area contributed by atoms with Crippen molar-refractivity contribution in [3.05, 3.63) is 93.9 Å². The van der Waals surface area contributed by atoms with E-state index in [1.165, 1.54) is 18.0 Å². The minimum absolute atomic E-state index is 0.0872. The summed E-state index contributed by atoms with van der Waals surface area (Å²) in [6.07, 6.45) is 1.47. The van der Waals surface area contributed by atoms with Gasteiger partial charge in [-0.15, -0.1) is 0 Å². The van der Waals surface area contributed by atoms with E-state index in [-0.39, 0.29) is 17.2 Å². The average molecular weight is 437 g/mol. The zero-order valence-corrected chi connectivity index (χ0v) is 17.4. The van der Waals surface area contributed by atoms with E-state index < -0.39 is 0 Å². The topological polar surface area (TPSA) is 76.9 Å². The molecule has 0 saturated heterocycles. The number of pyridine rings is 1. The quantitative estimate of drug-likeness (QED) is 0.361. The number of nitrogens with one attached hydrogen (secondary N) is 1. The maximum Gasteiger partial charge on any atom is 0.262 e. The summed E-state index contributed by atoms with van der Waals surface area (Å²) < 4.78 is 1.61. The van der Waals surface area contributed by atoms with Gasteiger partial charge >= 0.3 is 0 Å². The first kappa shape index (κ1) is 20.1. The Morgan fingerprint density at radius 1 is 1.03 bits per heavy atom. The maximum atomic E-state index is 13.1. The molecule has 0 aliphatic heterocycles. The first-order valence-electron chi connectivity index (χ1n) is 9.18. The molecular formula is C22H17ClN4O2S. The van der Waals surface area contributed by atoms with E-state index in [4.69, 9.17) is 11.6 Å². The standard InChI is InChI=1S/C22H17ClN4O2S/c23-16-10-11-19(24-12-16)26-20(28)14-30-22-25-18-9-5-4-8-17(18)21(29)27(22)13-15-6-2-1-3-7-15/h1-12H,13-14H2,(H,24,26,28). The molecule has 8 heteroatoms. The van der Waals surface area contributed by atoms with Crippen LogP contribution in [0.25, 0.3) is 10.9 Å². The molecule has 30 heavy (non-hydrogen) atoms. The van der Waals surface area contributed by atoms with Crippen molar-refractivity contribution in [2.45, 2.75) is 11.7 Å². The van der Waals surface area contributed by atoms with Gasteiger partial charge in [-0.25, -0.2) is 9.97 Å². The lowest BCUT2D eigenvalue weighted by atomic mass is 10.2. The van der Waals surface area contributed by atoms with Crippen LogP contribution < -0.4 is 10.9 Å². The van der Waals surface area contributed by atoms with Crippen LogP contribution in [0.4, 0.5) is 5.82 Å². The molecule has 0 aliphatic rings. The molecule has 150 valence electrons. The van der Waals surface area contributed by atoms with Crippen LogP contribution >= 0.6 is 23.4 Å². The number of para-hydroxylation sites is 1. The highest BCUT2D eigenvalue weighted by Gasteiger charge is 2.14. The van der Waals surface area contributed by atoms with Crippen molar-refractivity contribution in [1.29, 1.82) is 0 Å². The van der Waals surface area contributed by atoms with Gasteiger partial charge in [0.05, 0.1) is 28.2 Å². The van der Waals surface area contributed by atoms with Crippen LogP contribution in [0.5, 0.6) is 0 Å². The third-order valence-electron chi connectivity index (χ3n) is 4.34. The van der Waals surface area contributed by atoms with Crippen molar-refractivity contribution in [2.24, 2.45) is 0 Å². The normalized spacial score (nSPS) is 10.8. The molecule has 1 N–H and O–H groups in total. The SMILES string of the molecule is O=C(CSc1nc2ccccc2c(=O)n1Cc1ccccc1)Nc1ccc(Cl)cn1. The Bertz CT molecular complexity index is 1240. The van der Waals surface area contributed by atoms with Gasteiger partial charge in [-0.05, 0) is 29.8 Å². The molecule has 4 aromatic rings. The maximum absolute atomic E-state index is 13.1. The number of halogens is 1. The van der Waals surface area contributed by atoms with E-state index in [0.29, 0.717) is 33.4 Å². The first-order chi connectivity index (χ1) is 14.6. The summed E-state index contributed by atoms with van der Waals surface area (Å²) >= 11 is 7.03. The van der Waals surface area contributed by atoms with Gasteiger partial charge in [0.25, 0.3) is 5.56 Å². The number of aromatic nitrogens is 3. The zero-order valence-electron chi connectivity index (χ0n) is 15.8. The lowest BCUT2D eigenvalue weighted by molar-refractivity contribution is -0.113. The number of fused-ring (bicyclic) bond motifs is 1. The van der Waals surface area contributed by atoms with Gasteiger partial charge in [-0.3, -0.25) is 14.2 Å². The summed E-state index contributed by atoms with van der Waals surface area (Å²) in [5, 5.41) is 4.25. The van der Waals surface area contributed by atoms with Crippen LogP contribution in [0.3, 0.4) is 0 Å². The molecule has 6 nitrogen and oxygen atoms in total. The Kier molecular flexibility index (Phi) is 6.11. The number of carbonyl (C=O) groups excluding carboxylic acids is 1. The summed E-state index contributed by atoms with van der Waals surface area (Å²) in [5.74, 6) is 0.255. The molecule has 0 saturated carbocycles. The summed E-state index contributed by atoms with van der Waals surface area (Å²) in [5.41, 5.74) is 1.45. The summed E-state index contributed by atoms with van der Waals surface area (Å²) in [7, 11) is 0. The van der Waals surface area contributed by atoms with Crippen molar-refractivity contribution < 1.29 is 4.79 Å². The van der Waals surface area contributed by atoms with E-state index in [0.717, 1.165) is 5.56 Å². The minimum atomic E-state index is -0.247. The number of amides is 1. The second-order valence-corrected chi connectivity index (χ2v) is 7.87. The van der Waals surface area contributed by atoms with Gasteiger partial charge in [-0.2, -0.15) is 0 Å². The largest absolute Gasteiger partial charge is 0.310 e. The van der Waals surface area contributed by atoms with Crippen molar-refractivity contribution in [1.82, 2.24) is 14.5 Å². The second kappa shape index (κ2) is 9.11. The molecule has 0 fully saturated rings. The van der Waals surface area contributed by atoms with E-state index in [1.54, 1.807) is 28.8 Å². The lowest BCUT2D eigenvalue weighted by Crippen LogP contribution is -2.25. The van der Waals surface area contributed by atoms with E-state index in [1.807, 2.05) is 42.5 Å². The molecule has 0 spiro atoms. The molecule has 0 bridgehead atoms. The summed E-state index contributed by atoms with van der Waals surface area (Å²) in [6, 6.07) is 20.2. The van der Waals surface area contributed by atoms with Gasteiger partial charge in [0, 0.05) is 6.20 Å². The number of hydrogen-bond acceptors (Lipinski definition) is 5. The van der Waals surface area contributed by atoms with Crippen LogP contribution in [0.15, 0.2) is 82.9 Å². The molecule has 4 rings (SSSR count). The van der Waals surface area contributed by atoms with Crippen LogP contribution in [0.1, 0.15) is 5.56 Å². The van der Waals surface area contributed by atoms with E-state index in [2.05, 4.69) is 15.3 Å². The Hall–Kier alpha value is -3.16. The zero-order chi connectivity index (χ0) is 20.9. The van der Waals surface area contributed by atoms with E-state index in [9.17, 15) is 9.59 Å². The van der Waals surface area contributed by atoms with Crippen LogP contribution in [-0.4, -0.2) is 26.2 Å². The lowest BCUT2D eigenvalue weighted by Gasteiger charge is -2.13. The number of rotatable bonds is 6. The smallest absolute Gasteiger partial charge is 0.262 e. The highest BCUT2D eigenvalue weighted by Crippen LogP contribution is 2.19. The number of hydrogen-bond donors (Lipinski definition) is 1. The minimum Gasteiger partial charge on any atom is -0.310 e. The summed E-state index contributed by atoms with van der Waals surface area (Å²) in [4.78, 5) is 34.2. The van der Waals surface area contributed by atoms with Crippen molar-refractivity contribution in [3.63, 3.8) is 0 Å². The van der Waals surface area contributed by atoms with Crippen LogP contribution in [0.2, 0.25) is 5.02 Å². The number of thioether (sulfide) groups is 1. The molecule has 0 radical (unpaired) electrons. The highest BCUT2D eigenvalue weighted by atomic mass is 35.5. The fourth-order valence-corrected chi connectivity index (χ4v) is 3.83. The molecule has 0 aliphatic carbocycles. The predicted molar refractivity (Wildman–Crippen MR) is 120 cm³/mol. The van der Waals surface area contributed by atoms with Gasteiger partial charge in [0.15, 0.2) is 5.16 Å². The van der Waals surface area contributed by atoms with Crippen LogP contribution in [0, 0.1) is 0 Å². The summed E-state index contributed by atoms with van der Waals surface area (Å²) in [6.45, 7) is 0.375. The van der Waals surface area contributed by atoms with Crippen molar-refractivity contribution >= 4 is 46.0 Å². The third-order valence-corrected chi connectivity index (χ3v) is 5.54. The Morgan fingerprint density at radius 2 is 1.80 bits per heavy atom. The highest BCUT2D eigenvalue weighted by molar-refractivity contribution is 7.99. The predicted octanol–water partition coefficient (Wildman–Crippen LogP) is 4.22. The number of anilines is 1. The van der Waals surface area contributed by atoms with E-state index >= 15 is 0 Å². The molecule has 0 atom stereocenters. The van der Waals surface area contributed by atoms with Crippen molar-refractivity contribution in [2.75, 3.05) is 11.1 Å². The number of nitrogens with zero attached hydrogens (tertiary/aromatic N) is 3. The Morgan fingerprint density at radius 3 is 2.57 bits per heavy atom. The first-order valence-corrected chi connectivity index (χ1v) is 10.5. The molecule has 2 heterocycles. The Labute approximate surface area is 181 Å².